The first-order valence-electron chi connectivity index (χ1n) is 6.47. The van der Waals surface area contributed by atoms with Gasteiger partial charge in [-0.2, -0.15) is 0 Å². The highest BCUT2D eigenvalue weighted by Crippen LogP contribution is 2.32. The molecule has 0 radical (unpaired) electrons. The van der Waals surface area contributed by atoms with Crippen molar-refractivity contribution in [1.29, 1.82) is 0 Å². The third kappa shape index (κ3) is 2.72. The molecule has 1 aliphatic carbocycles. The third-order valence-electron chi connectivity index (χ3n) is 3.27. The molecule has 0 amide bonds. The Labute approximate surface area is 112 Å². The number of allylic oxidation sites excluding steroid dienone is 2. The zero-order valence-electron chi connectivity index (χ0n) is 10.3. The van der Waals surface area contributed by atoms with E-state index in [1.54, 1.807) is 11.9 Å². The number of nitrogens with zero attached hydrogens (tertiary/aromatic N) is 2. The molecule has 1 aromatic rings. The first kappa shape index (κ1) is 11.7. The molecule has 0 aromatic heterocycles. The van der Waals surface area contributed by atoms with Gasteiger partial charge in [-0.3, -0.25) is 4.99 Å². The normalized spacial score (nSPS) is 18.7. The first-order chi connectivity index (χ1) is 8.92. The predicted octanol–water partition coefficient (Wildman–Crippen LogP) is 4.74. The summed E-state index contributed by atoms with van der Waals surface area (Å²) in [4.78, 5) is 5.67. The highest BCUT2D eigenvalue weighted by Gasteiger charge is 2.10. The maximum atomic E-state index is 4.60. The minimum atomic E-state index is 0.963. The van der Waals surface area contributed by atoms with Gasteiger partial charge in [0.25, 0.3) is 0 Å². The molecule has 2 nitrogen and oxygen atoms in total. The second-order valence-electron chi connectivity index (χ2n) is 4.68. The van der Waals surface area contributed by atoms with E-state index in [9.17, 15) is 0 Å². The van der Waals surface area contributed by atoms with Gasteiger partial charge < -0.3 is 0 Å². The Hall–Kier alpha value is -1.35. The second kappa shape index (κ2) is 5.53. The number of fused-ring (bicyclic) bond motifs is 1. The molecule has 0 atom stereocenters. The van der Waals surface area contributed by atoms with Gasteiger partial charge in [-0.05, 0) is 37.8 Å². The Morgan fingerprint density at radius 2 is 2.11 bits per heavy atom. The standard InChI is InChI=1S/C15H16N2S/c1-2-6-12(7-3-1)10-13-11-16-14-8-4-5-9-15(14)18-17-13/h4-6,8-9,11H,1-3,7,10H2. The summed E-state index contributed by atoms with van der Waals surface area (Å²) >= 11 is 1.54. The Bertz CT molecular complexity index is 529. The monoisotopic (exact) mass is 256 g/mol. The maximum absolute atomic E-state index is 4.60. The Kier molecular flexibility index (Phi) is 3.60. The van der Waals surface area contributed by atoms with Gasteiger partial charge in [0, 0.05) is 18.4 Å². The molecule has 0 unspecified atom stereocenters. The number of hydrogen-bond acceptors (Lipinski definition) is 3. The van der Waals surface area contributed by atoms with Crippen molar-refractivity contribution in [2.24, 2.45) is 9.39 Å². The summed E-state index contributed by atoms with van der Waals surface area (Å²) in [5.74, 6) is 0. The van der Waals surface area contributed by atoms with Gasteiger partial charge in [-0.25, -0.2) is 4.40 Å². The van der Waals surface area contributed by atoms with E-state index >= 15 is 0 Å². The Morgan fingerprint density at radius 3 is 3.00 bits per heavy atom. The van der Waals surface area contributed by atoms with Crippen LogP contribution in [0.2, 0.25) is 0 Å². The van der Waals surface area contributed by atoms with Crippen LogP contribution < -0.4 is 0 Å². The fraction of sp³-hybridized carbons (Fsp3) is 0.333. The number of hydrogen-bond donors (Lipinski definition) is 0. The molecule has 3 heteroatoms. The van der Waals surface area contributed by atoms with Crippen LogP contribution in [-0.2, 0) is 0 Å². The lowest BCUT2D eigenvalue weighted by molar-refractivity contribution is 0.695. The quantitative estimate of drug-likeness (QED) is 0.554. The molecule has 0 saturated carbocycles. The summed E-state index contributed by atoms with van der Waals surface area (Å²) in [7, 11) is 0. The Morgan fingerprint density at radius 1 is 1.17 bits per heavy atom. The SMILES string of the molecule is C1=Nc2ccccc2SN=C1CC1=CCCCC1. The molecule has 0 bridgehead atoms. The molecule has 0 fully saturated rings. The van der Waals surface area contributed by atoms with Crippen LogP contribution in [-0.4, -0.2) is 11.9 Å². The van der Waals surface area contributed by atoms with E-state index in [2.05, 4.69) is 21.5 Å². The molecular formula is C15H16N2S. The number of aliphatic imine (C=N–C) groups is 1. The van der Waals surface area contributed by atoms with Gasteiger partial charge in [0.05, 0.1) is 22.5 Å². The van der Waals surface area contributed by atoms with E-state index in [1.807, 2.05) is 24.4 Å². The number of rotatable bonds is 2. The van der Waals surface area contributed by atoms with Gasteiger partial charge in [-0.1, -0.05) is 23.8 Å². The summed E-state index contributed by atoms with van der Waals surface area (Å²) < 4.78 is 4.60. The minimum Gasteiger partial charge on any atom is -0.254 e. The van der Waals surface area contributed by atoms with Crippen LogP contribution in [0, 0.1) is 0 Å². The lowest BCUT2D eigenvalue weighted by Gasteiger charge is -2.11. The van der Waals surface area contributed by atoms with Gasteiger partial charge in [0.2, 0.25) is 0 Å². The van der Waals surface area contributed by atoms with Crippen LogP contribution in [0.1, 0.15) is 32.1 Å². The molecule has 1 heterocycles. The molecular weight excluding hydrogens is 240 g/mol. The van der Waals surface area contributed by atoms with Gasteiger partial charge in [0.1, 0.15) is 0 Å². The summed E-state index contributed by atoms with van der Waals surface area (Å²) in [6.45, 7) is 0. The molecule has 0 N–H and O–H groups in total. The van der Waals surface area contributed by atoms with Crippen molar-refractivity contribution in [3.8, 4) is 0 Å². The number of benzene rings is 1. The fourth-order valence-electron chi connectivity index (χ4n) is 2.29. The van der Waals surface area contributed by atoms with Crippen molar-refractivity contribution in [2.45, 2.75) is 37.0 Å². The molecule has 0 spiro atoms. The molecule has 18 heavy (non-hydrogen) atoms. The lowest BCUT2D eigenvalue weighted by Crippen LogP contribution is -2.03. The number of para-hydroxylation sites is 1. The van der Waals surface area contributed by atoms with E-state index in [1.165, 1.54) is 31.3 Å². The van der Waals surface area contributed by atoms with Crippen LogP contribution in [0.15, 0.2) is 50.2 Å². The zero-order valence-corrected chi connectivity index (χ0v) is 11.1. The van der Waals surface area contributed by atoms with Crippen LogP contribution in [0.25, 0.3) is 0 Å². The van der Waals surface area contributed by atoms with Crippen LogP contribution in [0.5, 0.6) is 0 Å². The van der Waals surface area contributed by atoms with Crippen molar-refractivity contribution in [1.82, 2.24) is 0 Å². The summed E-state index contributed by atoms with van der Waals surface area (Å²) in [5.41, 5.74) is 3.64. The van der Waals surface area contributed by atoms with Crippen LogP contribution >= 0.6 is 11.9 Å². The minimum absolute atomic E-state index is 0.963. The van der Waals surface area contributed by atoms with Gasteiger partial charge >= 0.3 is 0 Å². The molecule has 3 rings (SSSR count). The summed E-state index contributed by atoms with van der Waals surface area (Å²) in [6, 6.07) is 8.16. The average Bonchev–Trinajstić information content (AvgIpc) is 2.63. The first-order valence-corrected chi connectivity index (χ1v) is 7.24. The molecule has 2 aliphatic rings. The molecule has 1 aromatic carbocycles. The predicted molar refractivity (Wildman–Crippen MR) is 79.1 cm³/mol. The van der Waals surface area contributed by atoms with Crippen LogP contribution in [0.4, 0.5) is 5.69 Å². The van der Waals surface area contributed by atoms with E-state index in [0.717, 1.165) is 22.7 Å². The molecule has 1 aliphatic heterocycles. The lowest BCUT2D eigenvalue weighted by atomic mass is 9.96. The molecule has 0 saturated heterocycles. The van der Waals surface area contributed by atoms with Crippen molar-refractivity contribution >= 4 is 29.6 Å². The van der Waals surface area contributed by atoms with Crippen molar-refractivity contribution < 1.29 is 0 Å². The topological polar surface area (TPSA) is 24.7 Å². The Balaban J connectivity index is 1.76. The zero-order chi connectivity index (χ0) is 12.2. The summed E-state index contributed by atoms with van der Waals surface area (Å²) in [6.07, 6.45) is 10.4. The highest BCUT2D eigenvalue weighted by atomic mass is 32.2. The van der Waals surface area contributed by atoms with Gasteiger partial charge in [0.15, 0.2) is 0 Å². The van der Waals surface area contributed by atoms with Crippen molar-refractivity contribution in [3.05, 3.63) is 35.9 Å². The van der Waals surface area contributed by atoms with E-state index in [0.29, 0.717) is 0 Å². The second-order valence-corrected chi connectivity index (χ2v) is 5.49. The van der Waals surface area contributed by atoms with Crippen molar-refractivity contribution in [2.75, 3.05) is 0 Å². The largest absolute Gasteiger partial charge is 0.254 e. The van der Waals surface area contributed by atoms with Gasteiger partial charge in [-0.15, -0.1) is 0 Å². The van der Waals surface area contributed by atoms with E-state index in [4.69, 9.17) is 0 Å². The summed E-state index contributed by atoms with van der Waals surface area (Å²) in [5, 5.41) is 0. The maximum Gasteiger partial charge on any atom is 0.0784 e. The van der Waals surface area contributed by atoms with Crippen molar-refractivity contribution in [3.63, 3.8) is 0 Å². The van der Waals surface area contributed by atoms with E-state index in [-0.39, 0.29) is 0 Å². The average molecular weight is 256 g/mol. The highest BCUT2D eigenvalue weighted by molar-refractivity contribution is 7.98. The van der Waals surface area contributed by atoms with E-state index < -0.39 is 0 Å². The third-order valence-corrected chi connectivity index (χ3v) is 4.14. The van der Waals surface area contributed by atoms with Crippen LogP contribution in [0.3, 0.4) is 0 Å². The molecule has 92 valence electrons. The smallest absolute Gasteiger partial charge is 0.0784 e. The fourth-order valence-corrected chi connectivity index (χ4v) is 2.97.